The predicted octanol–water partition coefficient (Wildman–Crippen LogP) is 3.62. The van der Waals surface area contributed by atoms with Crippen molar-refractivity contribution >= 4 is 31.5 Å². The first-order chi connectivity index (χ1) is 9.52. The molecule has 0 amide bonds. The molecular formula is C15H22BrNO2S. The third-order valence-electron chi connectivity index (χ3n) is 3.94. The van der Waals surface area contributed by atoms with Gasteiger partial charge in [-0.2, -0.15) is 0 Å². The van der Waals surface area contributed by atoms with Crippen molar-refractivity contribution in [2.75, 3.05) is 23.0 Å². The van der Waals surface area contributed by atoms with Gasteiger partial charge in [0.15, 0.2) is 9.84 Å². The Bertz CT molecular complexity index is 521. The lowest BCUT2D eigenvalue weighted by Gasteiger charge is -2.36. The number of sulfone groups is 1. The Kier molecular flexibility index (Phi) is 5.49. The fourth-order valence-electron chi connectivity index (χ4n) is 2.89. The summed E-state index contributed by atoms with van der Waals surface area (Å²) in [6.07, 6.45) is 7.66. The fourth-order valence-corrected chi connectivity index (χ4v) is 3.90. The lowest BCUT2D eigenvalue weighted by Crippen LogP contribution is -2.38. The molecule has 5 heteroatoms. The van der Waals surface area contributed by atoms with Crippen LogP contribution in [0.5, 0.6) is 0 Å². The van der Waals surface area contributed by atoms with Crippen LogP contribution in [0.4, 0.5) is 5.69 Å². The highest BCUT2D eigenvalue weighted by atomic mass is 79.9. The summed E-state index contributed by atoms with van der Waals surface area (Å²) in [4.78, 5) is 2.81. The van der Waals surface area contributed by atoms with E-state index in [2.05, 4.69) is 20.8 Å². The minimum absolute atomic E-state index is 0.392. The second-order valence-corrected chi connectivity index (χ2v) is 8.25. The zero-order chi connectivity index (χ0) is 14.6. The van der Waals surface area contributed by atoms with Crippen LogP contribution in [0, 0.1) is 0 Å². The molecule has 0 atom stereocenters. The number of alkyl halides is 1. The van der Waals surface area contributed by atoms with E-state index >= 15 is 0 Å². The minimum Gasteiger partial charge on any atom is -0.368 e. The summed E-state index contributed by atoms with van der Waals surface area (Å²) in [5, 5.41) is 0.928. The molecule has 1 fully saturated rings. The quantitative estimate of drug-likeness (QED) is 0.753. The van der Waals surface area contributed by atoms with Crippen molar-refractivity contribution in [2.45, 2.75) is 43.0 Å². The van der Waals surface area contributed by atoms with Crippen LogP contribution in [-0.2, 0) is 9.84 Å². The Morgan fingerprint density at radius 1 is 1.15 bits per heavy atom. The molecule has 0 heterocycles. The van der Waals surface area contributed by atoms with Gasteiger partial charge in [-0.1, -0.05) is 35.2 Å². The normalized spacial score (nSPS) is 17.1. The van der Waals surface area contributed by atoms with Crippen molar-refractivity contribution in [3.63, 3.8) is 0 Å². The summed E-state index contributed by atoms with van der Waals surface area (Å²) < 4.78 is 23.0. The fraction of sp³-hybridized carbons (Fsp3) is 0.600. The van der Waals surface area contributed by atoms with Crippen LogP contribution >= 0.6 is 15.9 Å². The van der Waals surface area contributed by atoms with E-state index in [1.807, 2.05) is 12.1 Å². The van der Waals surface area contributed by atoms with Gasteiger partial charge >= 0.3 is 0 Å². The molecule has 0 aliphatic heterocycles. The second kappa shape index (κ2) is 6.94. The molecule has 0 saturated heterocycles. The van der Waals surface area contributed by atoms with Gasteiger partial charge < -0.3 is 4.90 Å². The third kappa shape index (κ3) is 3.98. The molecule has 1 aliphatic carbocycles. The number of hydrogen-bond acceptors (Lipinski definition) is 3. The zero-order valence-electron chi connectivity index (χ0n) is 11.9. The highest BCUT2D eigenvalue weighted by Gasteiger charge is 2.21. The predicted molar refractivity (Wildman–Crippen MR) is 87.6 cm³/mol. The van der Waals surface area contributed by atoms with E-state index in [4.69, 9.17) is 0 Å². The number of anilines is 1. The monoisotopic (exact) mass is 359 g/mol. The van der Waals surface area contributed by atoms with Crippen molar-refractivity contribution in [2.24, 2.45) is 0 Å². The molecule has 2 rings (SSSR count). The summed E-state index contributed by atoms with van der Waals surface area (Å²) in [6.45, 7) is 0.961. The van der Waals surface area contributed by atoms with Crippen molar-refractivity contribution in [3.8, 4) is 0 Å². The van der Waals surface area contributed by atoms with E-state index in [-0.39, 0.29) is 0 Å². The number of benzene rings is 1. The number of hydrogen-bond donors (Lipinski definition) is 0. The lowest BCUT2D eigenvalue weighted by molar-refractivity contribution is 0.419. The SMILES string of the molecule is CS(=O)(=O)c1ccc(N(CCBr)C2CCCCC2)cc1. The standard InChI is InChI=1S/C15H22BrNO2S/c1-20(18,19)15-9-7-14(8-10-15)17(12-11-16)13-5-3-2-4-6-13/h7-10,13H,2-6,11-12H2,1H3. The first-order valence-corrected chi connectivity index (χ1v) is 10.2. The summed E-state index contributed by atoms with van der Waals surface area (Å²) in [5.74, 6) is 0. The van der Waals surface area contributed by atoms with Crippen LogP contribution in [0.25, 0.3) is 0 Å². The van der Waals surface area contributed by atoms with Gasteiger partial charge in [0.05, 0.1) is 4.90 Å². The van der Waals surface area contributed by atoms with Crippen molar-refractivity contribution in [1.82, 2.24) is 0 Å². The maximum atomic E-state index is 11.5. The van der Waals surface area contributed by atoms with Gasteiger partial charge in [-0.05, 0) is 37.1 Å². The largest absolute Gasteiger partial charge is 0.368 e. The van der Waals surface area contributed by atoms with Crippen molar-refractivity contribution in [3.05, 3.63) is 24.3 Å². The maximum absolute atomic E-state index is 11.5. The number of nitrogens with zero attached hydrogens (tertiary/aromatic N) is 1. The Morgan fingerprint density at radius 2 is 1.75 bits per heavy atom. The molecule has 0 bridgehead atoms. The van der Waals surface area contributed by atoms with Gasteiger partial charge in [-0.15, -0.1) is 0 Å². The highest BCUT2D eigenvalue weighted by molar-refractivity contribution is 9.09. The molecule has 1 saturated carbocycles. The Hall–Kier alpha value is -0.550. The van der Waals surface area contributed by atoms with Gasteiger partial charge in [0.25, 0.3) is 0 Å². The van der Waals surface area contributed by atoms with Gasteiger partial charge in [0.1, 0.15) is 0 Å². The zero-order valence-corrected chi connectivity index (χ0v) is 14.3. The van der Waals surface area contributed by atoms with Gasteiger partial charge in [0.2, 0.25) is 0 Å². The van der Waals surface area contributed by atoms with Crippen LogP contribution in [0.3, 0.4) is 0 Å². The van der Waals surface area contributed by atoms with E-state index in [0.717, 1.165) is 17.6 Å². The smallest absolute Gasteiger partial charge is 0.175 e. The molecule has 0 unspecified atom stereocenters. The van der Waals surface area contributed by atoms with Crippen molar-refractivity contribution in [1.29, 1.82) is 0 Å². The Balaban J connectivity index is 2.20. The van der Waals surface area contributed by atoms with E-state index < -0.39 is 9.84 Å². The van der Waals surface area contributed by atoms with E-state index in [9.17, 15) is 8.42 Å². The first kappa shape index (κ1) is 15.8. The summed E-state index contributed by atoms with van der Waals surface area (Å²) >= 11 is 3.52. The van der Waals surface area contributed by atoms with Crippen LogP contribution in [0.1, 0.15) is 32.1 Å². The molecular weight excluding hydrogens is 338 g/mol. The first-order valence-electron chi connectivity index (χ1n) is 7.15. The van der Waals surface area contributed by atoms with Gasteiger partial charge in [-0.3, -0.25) is 0 Å². The molecule has 3 nitrogen and oxygen atoms in total. The number of rotatable bonds is 5. The average molecular weight is 360 g/mol. The van der Waals surface area contributed by atoms with Crippen LogP contribution in [0.15, 0.2) is 29.2 Å². The molecule has 1 aromatic carbocycles. The summed E-state index contributed by atoms with van der Waals surface area (Å²) in [5.41, 5.74) is 1.13. The molecule has 0 radical (unpaired) electrons. The highest BCUT2D eigenvalue weighted by Crippen LogP contribution is 2.28. The summed E-state index contributed by atoms with van der Waals surface area (Å²) in [6, 6.07) is 7.90. The Labute approximate surface area is 130 Å². The lowest BCUT2D eigenvalue weighted by atomic mass is 9.94. The number of halogens is 1. The van der Waals surface area contributed by atoms with E-state index in [1.54, 1.807) is 12.1 Å². The van der Waals surface area contributed by atoms with Crippen LogP contribution in [-0.4, -0.2) is 32.6 Å². The van der Waals surface area contributed by atoms with Crippen molar-refractivity contribution < 1.29 is 8.42 Å². The Morgan fingerprint density at radius 3 is 2.25 bits per heavy atom. The average Bonchev–Trinajstić information content (AvgIpc) is 2.45. The topological polar surface area (TPSA) is 37.4 Å². The van der Waals surface area contributed by atoms with E-state index in [0.29, 0.717) is 10.9 Å². The second-order valence-electron chi connectivity index (χ2n) is 5.44. The van der Waals surface area contributed by atoms with Crippen LogP contribution < -0.4 is 4.90 Å². The molecule has 1 aliphatic rings. The van der Waals surface area contributed by atoms with Gasteiger partial charge in [0, 0.05) is 29.9 Å². The molecule has 20 heavy (non-hydrogen) atoms. The minimum atomic E-state index is -3.11. The third-order valence-corrected chi connectivity index (χ3v) is 5.42. The molecule has 112 valence electrons. The molecule has 1 aromatic rings. The van der Waals surface area contributed by atoms with Gasteiger partial charge in [-0.25, -0.2) is 8.42 Å². The molecule has 0 N–H and O–H groups in total. The van der Waals surface area contributed by atoms with E-state index in [1.165, 1.54) is 38.4 Å². The molecule has 0 aromatic heterocycles. The molecule has 0 spiro atoms. The van der Waals surface area contributed by atoms with Crippen LogP contribution in [0.2, 0.25) is 0 Å². The summed E-state index contributed by atoms with van der Waals surface area (Å²) in [7, 11) is -3.11. The maximum Gasteiger partial charge on any atom is 0.175 e.